The van der Waals surface area contributed by atoms with E-state index in [0.29, 0.717) is 12.1 Å². The molecule has 2 aromatic carbocycles. The number of pyridine rings is 1. The molecule has 3 aromatic rings. The van der Waals surface area contributed by atoms with Gasteiger partial charge in [0.25, 0.3) is 11.8 Å². The molecule has 4 rings (SSSR count). The zero-order chi connectivity index (χ0) is 22.9. The Morgan fingerprint density at radius 1 is 1.06 bits per heavy atom. The Hall–Kier alpha value is -3.71. The van der Waals surface area contributed by atoms with Crippen molar-refractivity contribution >= 4 is 40.8 Å². The minimum Gasteiger partial charge on any atom is -0.321 e. The minimum atomic E-state index is -1.05. The maximum Gasteiger partial charge on any atom is 0.332 e. The number of aromatic nitrogens is 1. The fourth-order valence-corrected chi connectivity index (χ4v) is 3.96. The van der Waals surface area contributed by atoms with Gasteiger partial charge in [0.15, 0.2) is 0 Å². The number of benzene rings is 2. The molecule has 7 nitrogen and oxygen atoms in total. The van der Waals surface area contributed by atoms with Crippen molar-refractivity contribution in [3.8, 4) is 0 Å². The van der Waals surface area contributed by atoms with Crippen molar-refractivity contribution in [3.63, 3.8) is 0 Å². The van der Waals surface area contributed by atoms with Crippen molar-refractivity contribution in [2.45, 2.75) is 18.9 Å². The van der Waals surface area contributed by atoms with Gasteiger partial charge in [-0.2, -0.15) is 0 Å². The molecule has 0 spiro atoms. The monoisotopic (exact) mass is 448 g/mol. The van der Waals surface area contributed by atoms with Crippen LogP contribution in [0.15, 0.2) is 72.9 Å². The number of amides is 4. The molecule has 1 aliphatic heterocycles. The van der Waals surface area contributed by atoms with Crippen LogP contribution in [-0.4, -0.2) is 40.3 Å². The number of halogens is 1. The third-order valence-corrected chi connectivity index (χ3v) is 5.92. The molecule has 1 saturated heterocycles. The lowest BCUT2D eigenvalue weighted by Crippen LogP contribution is -2.47. The Labute approximate surface area is 190 Å². The van der Waals surface area contributed by atoms with Gasteiger partial charge in [-0.15, -0.1) is 0 Å². The second-order valence-corrected chi connectivity index (χ2v) is 8.16. The third-order valence-electron chi connectivity index (χ3n) is 5.62. The molecule has 162 valence electrons. The smallest absolute Gasteiger partial charge is 0.321 e. The number of hydrogen-bond donors (Lipinski definition) is 1. The predicted octanol–water partition coefficient (Wildman–Crippen LogP) is 4.39. The SMILES string of the molecule is CN1C(=O)N(c2ccc(NC(=O)c3ccccn3)cc2Cl)C(=O)[C@]1(C)Cc1ccccc1. The fourth-order valence-electron chi connectivity index (χ4n) is 3.69. The molecule has 32 heavy (non-hydrogen) atoms. The third kappa shape index (κ3) is 3.83. The largest absolute Gasteiger partial charge is 0.332 e. The van der Waals surface area contributed by atoms with E-state index in [0.717, 1.165) is 10.5 Å². The highest BCUT2D eigenvalue weighted by Crippen LogP contribution is 2.37. The molecule has 1 N–H and O–H groups in total. The summed E-state index contributed by atoms with van der Waals surface area (Å²) in [7, 11) is 1.61. The van der Waals surface area contributed by atoms with Gasteiger partial charge in [0.1, 0.15) is 11.2 Å². The Kier molecular flexibility index (Phi) is 5.67. The van der Waals surface area contributed by atoms with Gasteiger partial charge >= 0.3 is 6.03 Å². The Balaban J connectivity index is 1.58. The lowest BCUT2D eigenvalue weighted by molar-refractivity contribution is -0.123. The number of rotatable bonds is 5. The van der Waals surface area contributed by atoms with E-state index in [4.69, 9.17) is 11.6 Å². The summed E-state index contributed by atoms with van der Waals surface area (Å²) in [5, 5.41) is 2.88. The number of nitrogens with one attached hydrogen (secondary N) is 1. The molecule has 4 amide bonds. The number of likely N-dealkylation sites (N-methyl/N-ethyl adjacent to an activating group) is 1. The summed E-state index contributed by atoms with van der Waals surface area (Å²) >= 11 is 6.44. The number of carbonyl (C=O) groups excluding carboxylic acids is 3. The number of hydrogen-bond acceptors (Lipinski definition) is 4. The van der Waals surface area contributed by atoms with E-state index in [1.165, 1.54) is 17.2 Å². The van der Waals surface area contributed by atoms with Gasteiger partial charge in [0, 0.05) is 25.4 Å². The molecule has 0 bridgehead atoms. The lowest BCUT2D eigenvalue weighted by atomic mass is 9.91. The van der Waals surface area contributed by atoms with E-state index < -0.39 is 17.5 Å². The van der Waals surface area contributed by atoms with E-state index in [2.05, 4.69) is 10.3 Å². The lowest BCUT2D eigenvalue weighted by Gasteiger charge is -2.28. The van der Waals surface area contributed by atoms with Gasteiger partial charge < -0.3 is 10.2 Å². The first-order chi connectivity index (χ1) is 15.3. The second kappa shape index (κ2) is 8.43. The molecule has 1 aromatic heterocycles. The van der Waals surface area contributed by atoms with Crippen LogP contribution in [0.4, 0.5) is 16.2 Å². The van der Waals surface area contributed by atoms with Gasteiger partial charge in [-0.05, 0) is 42.8 Å². The van der Waals surface area contributed by atoms with Gasteiger partial charge in [0.2, 0.25) is 0 Å². The van der Waals surface area contributed by atoms with Crippen molar-refractivity contribution in [2.75, 3.05) is 17.3 Å². The average Bonchev–Trinajstić information content (AvgIpc) is 2.95. The summed E-state index contributed by atoms with van der Waals surface area (Å²) in [6, 6.07) is 18.8. The standard InChI is InChI=1S/C24H21ClN4O3/c1-24(15-16-8-4-3-5-9-16)22(31)29(23(32)28(24)2)20-12-11-17(14-18(20)25)27-21(30)19-10-6-7-13-26-19/h3-14H,15H2,1-2H3,(H,27,30)/t24-/m0/s1. The molecule has 0 unspecified atom stereocenters. The maximum absolute atomic E-state index is 13.4. The molecule has 8 heteroatoms. The van der Waals surface area contributed by atoms with E-state index in [1.54, 1.807) is 44.3 Å². The van der Waals surface area contributed by atoms with Crippen molar-refractivity contribution < 1.29 is 14.4 Å². The number of imide groups is 1. The number of carbonyl (C=O) groups is 3. The molecule has 1 atom stereocenters. The highest BCUT2D eigenvalue weighted by Gasteiger charge is 2.53. The van der Waals surface area contributed by atoms with Crippen molar-refractivity contribution in [3.05, 3.63) is 89.2 Å². The zero-order valence-electron chi connectivity index (χ0n) is 17.6. The van der Waals surface area contributed by atoms with E-state index >= 15 is 0 Å². The van der Waals surface area contributed by atoms with Crippen LogP contribution in [0.3, 0.4) is 0 Å². The molecule has 1 aliphatic rings. The highest BCUT2D eigenvalue weighted by atomic mass is 35.5. The normalized spacial score (nSPS) is 18.2. The summed E-state index contributed by atoms with van der Waals surface area (Å²) < 4.78 is 0. The number of anilines is 2. The van der Waals surface area contributed by atoms with Crippen LogP contribution in [0.1, 0.15) is 23.0 Å². The first kappa shape index (κ1) is 21.5. The zero-order valence-corrected chi connectivity index (χ0v) is 18.3. The van der Waals surface area contributed by atoms with E-state index in [9.17, 15) is 14.4 Å². The average molecular weight is 449 g/mol. The molecular formula is C24H21ClN4O3. The summed E-state index contributed by atoms with van der Waals surface area (Å²) in [6.45, 7) is 1.75. The van der Waals surface area contributed by atoms with Gasteiger partial charge in [-0.25, -0.2) is 9.69 Å². The van der Waals surface area contributed by atoms with Crippen LogP contribution in [0, 0.1) is 0 Å². The minimum absolute atomic E-state index is 0.169. The van der Waals surface area contributed by atoms with Crippen LogP contribution in [0.2, 0.25) is 5.02 Å². The van der Waals surface area contributed by atoms with Crippen molar-refractivity contribution in [2.24, 2.45) is 0 Å². The van der Waals surface area contributed by atoms with Gasteiger partial charge in [-0.3, -0.25) is 14.6 Å². The summed E-state index contributed by atoms with van der Waals surface area (Å²) in [5.74, 6) is -0.751. The molecule has 0 radical (unpaired) electrons. The number of urea groups is 1. The topological polar surface area (TPSA) is 82.6 Å². The Bertz CT molecular complexity index is 1190. The van der Waals surface area contributed by atoms with Crippen LogP contribution >= 0.6 is 11.6 Å². The Morgan fingerprint density at radius 2 is 1.78 bits per heavy atom. The van der Waals surface area contributed by atoms with E-state index in [-0.39, 0.29) is 22.3 Å². The molecule has 0 aliphatic carbocycles. The van der Waals surface area contributed by atoms with Gasteiger partial charge in [-0.1, -0.05) is 48.0 Å². The Morgan fingerprint density at radius 3 is 2.44 bits per heavy atom. The van der Waals surface area contributed by atoms with Crippen LogP contribution in [-0.2, 0) is 11.2 Å². The first-order valence-corrected chi connectivity index (χ1v) is 10.4. The fraction of sp³-hybridized carbons (Fsp3) is 0.167. The van der Waals surface area contributed by atoms with E-state index in [1.807, 2.05) is 30.3 Å². The van der Waals surface area contributed by atoms with Crippen LogP contribution in [0.25, 0.3) is 0 Å². The molecule has 1 fully saturated rings. The second-order valence-electron chi connectivity index (χ2n) is 7.75. The predicted molar refractivity (Wildman–Crippen MR) is 123 cm³/mol. The van der Waals surface area contributed by atoms with Crippen molar-refractivity contribution in [1.29, 1.82) is 0 Å². The first-order valence-electron chi connectivity index (χ1n) is 9.99. The highest BCUT2D eigenvalue weighted by molar-refractivity contribution is 6.36. The molecule has 2 heterocycles. The van der Waals surface area contributed by atoms with Gasteiger partial charge in [0.05, 0.1) is 10.7 Å². The summed E-state index contributed by atoms with van der Waals surface area (Å²) in [5.41, 5.74) is 0.850. The molecular weight excluding hydrogens is 428 g/mol. The quantitative estimate of drug-likeness (QED) is 0.587. The maximum atomic E-state index is 13.4. The van der Waals surface area contributed by atoms with Crippen LogP contribution < -0.4 is 10.2 Å². The summed E-state index contributed by atoms with van der Waals surface area (Å²) in [4.78, 5) is 45.3. The number of nitrogens with zero attached hydrogens (tertiary/aromatic N) is 3. The van der Waals surface area contributed by atoms with Crippen LogP contribution in [0.5, 0.6) is 0 Å². The molecule has 0 saturated carbocycles. The summed E-state index contributed by atoms with van der Waals surface area (Å²) in [6.07, 6.45) is 1.90. The van der Waals surface area contributed by atoms with Crippen molar-refractivity contribution in [1.82, 2.24) is 9.88 Å².